The molecule has 2 heterocycles. The van der Waals surface area contributed by atoms with Gasteiger partial charge in [-0.1, -0.05) is 35.5 Å². The third-order valence-electron chi connectivity index (χ3n) is 3.25. The van der Waals surface area contributed by atoms with Crippen LogP contribution in [0, 0.1) is 0 Å². The van der Waals surface area contributed by atoms with E-state index in [4.69, 9.17) is 0 Å². The largest absolute Gasteiger partial charge is 0.410 e. The number of nitrogens with zero attached hydrogens (tertiary/aromatic N) is 2. The molecule has 0 fully saturated rings. The van der Waals surface area contributed by atoms with Crippen LogP contribution in [0.1, 0.15) is 21.6 Å². The van der Waals surface area contributed by atoms with Crippen LogP contribution >= 0.6 is 11.3 Å². The smallest absolute Gasteiger partial charge is 0.118 e. The summed E-state index contributed by atoms with van der Waals surface area (Å²) in [6.07, 6.45) is 4.24. The van der Waals surface area contributed by atoms with Gasteiger partial charge >= 0.3 is 0 Å². The molecule has 1 aromatic carbocycles. The minimum Gasteiger partial charge on any atom is -0.410 e. The number of hydrogen-bond acceptors (Lipinski definition) is 4. The highest BCUT2D eigenvalue weighted by molar-refractivity contribution is 7.09. The molecule has 0 spiro atoms. The van der Waals surface area contributed by atoms with Gasteiger partial charge < -0.3 is 5.21 Å². The van der Waals surface area contributed by atoms with Crippen LogP contribution < -0.4 is 0 Å². The third kappa shape index (κ3) is 3.01. The van der Waals surface area contributed by atoms with Crippen molar-refractivity contribution in [3.8, 4) is 0 Å². The lowest BCUT2D eigenvalue weighted by Crippen LogP contribution is -2.07. The van der Waals surface area contributed by atoms with E-state index in [-0.39, 0.29) is 0 Å². The molecule has 0 saturated carbocycles. The summed E-state index contributed by atoms with van der Waals surface area (Å²) < 4.78 is 0. The van der Waals surface area contributed by atoms with E-state index in [1.54, 1.807) is 23.7 Å². The summed E-state index contributed by atoms with van der Waals surface area (Å²) in [5.74, 6) is 0. The number of pyridine rings is 1. The first-order valence-corrected chi connectivity index (χ1v) is 7.49. The van der Waals surface area contributed by atoms with Crippen LogP contribution in [-0.4, -0.2) is 15.9 Å². The second-order valence-corrected chi connectivity index (χ2v) is 5.64. The van der Waals surface area contributed by atoms with Crippen LogP contribution in [0.15, 0.2) is 71.5 Å². The van der Waals surface area contributed by atoms with Crippen LogP contribution in [0.4, 0.5) is 0 Å². The van der Waals surface area contributed by atoms with E-state index in [1.165, 1.54) is 4.88 Å². The van der Waals surface area contributed by atoms with Gasteiger partial charge in [0.1, 0.15) is 5.71 Å². The Bertz CT molecular complexity index is 737. The minimum absolute atomic E-state index is 0.551. The van der Waals surface area contributed by atoms with E-state index >= 15 is 0 Å². The molecule has 104 valence electrons. The van der Waals surface area contributed by atoms with Gasteiger partial charge in [0, 0.05) is 34.8 Å². The zero-order valence-corrected chi connectivity index (χ0v) is 12.1. The van der Waals surface area contributed by atoms with E-state index in [0.717, 1.165) is 23.1 Å². The van der Waals surface area contributed by atoms with Crippen molar-refractivity contribution in [3.05, 3.63) is 87.9 Å². The molecule has 0 aliphatic rings. The first kappa shape index (κ1) is 13.5. The van der Waals surface area contributed by atoms with E-state index in [1.807, 2.05) is 36.4 Å². The summed E-state index contributed by atoms with van der Waals surface area (Å²) in [4.78, 5) is 5.38. The van der Waals surface area contributed by atoms with Gasteiger partial charge in [0.15, 0.2) is 0 Å². The SMILES string of the molecule is ON=C(c1cccnc1)c1ccccc1Cc1cccs1. The van der Waals surface area contributed by atoms with E-state index in [2.05, 4.69) is 27.7 Å². The lowest BCUT2D eigenvalue weighted by molar-refractivity contribution is 0.319. The molecular formula is C17H14N2OS. The molecule has 4 heteroatoms. The van der Waals surface area contributed by atoms with Crippen LogP contribution in [0.2, 0.25) is 0 Å². The number of benzene rings is 1. The number of oxime groups is 1. The Kier molecular flexibility index (Phi) is 4.07. The molecule has 0 saturated heterocycles. The summed E-state index contributed by atoms with van der Waals surface area (Å²) in [6.45, 7) is 0. The molecule has 0 atom stereocenters. The van der Waals surface area contributed by atoms with E-state index in [0.29, 0.717) is 5.71 Å². The van der Waals surface area contributed by atoms with Gasteiger partial charge in [-0.3, -0.25) is 4.98 Å². The molecular weight excluding hydrogens is 280 g/mol. The highest BCUT2D eigenvalue weighted by Crippen LogP contribution is 2.20. The fourth-order valence-corrected chi connectivity index (χ4v) is 3.00. The molecule has 1 N–H and O–H groups in total. The average molecular weight is 294 g/mol. The summed E-state index contributed by atoms with van der Waals surface area (Å²) >= 11 is 1.73. The van der Waals surface area contributed by atoms with Crippen molar-refractivity contribution in [1.82, 2.24) is 4.98 Å². The van der Waals surface area contributed by atoms with Crippen LogP contribution in [-0.2, 0) is 6.42 Å². The molecule has 0 radical (unpaired) electrons. The fourth-order valence-electron chi connectivity index (χ4n) is 2.28. The molecule has 0 amide bonds. The first-order chi connectivity index (χ1) is 10.4. The van der Waals surface area contributed by atoms with Gasteiger partial charge in [0.05, 0.1) is 0 Å². The summed E-state index contributed by atoms with van der Waals surface area (Å²) in [6, 6.07) is 15.9. The van der Waals surface area contributed by atoms with Crippen molar-refractivity contribution in [2.45, 2.75) is 6.42 Å². The Hall–Kier alpha value is -2.46. The molecule has 0 unspecified atom stereocenters. The van der Waals surface area contributed by atoms with E-state index in [9.17, 15) is 5.21 Å². The Balaban J connectivity index is 2.02. The molecule has 0 aliphatic heterocycles. The zero-order valence-electron chi connectivity index (χ0n) is 11.3. The summed E-state index contributed by atoms with van der Waals surface area (Å²) in [7, 11) is 0. The predicted octanol–water partition coefficient (Wildman–Crippen LogP) is 3.96. The van der Waals surface area contributed by atoms with Gasteiger partial charge in [0.25, 0.3) is 0 Å². The van der Waals surface area contributed by atoms with Crippen molar-refractivity contribution in [3.63, 3.8) is 0 Å². The van der Waals surface area contributed by atoms with Crippen molar-refractivity contribution >= 4 is 17.0 Å². The zero-order chi connectivity index (χ0) is 14.5. The molecule has 0 aliphatic carbocycles. The first-order valence-electron chi connectivity index (χ1n) is 6.61. The van der Waals surface area contributed by atoms with Gasteiger partial charge in [-0.25, -0.2) is 0 Å². The Morgan fingerprint density at radius 2 is 2.00 bits per heavy atom. The van der Waals surface area contributed by atoms with Crippen molar-refractivity contribution in [1.29, 1.82) is 0 Å². The lowest BCUT2D eigenvalue weighted by Gasteiger charge is -2.10. The Labute approximate surface area is 127 Å². The second-order valence-electron chi connectivity index (χ2n) is 4.60. The van der Waals surface area contributed by atoms with E-state index < -0.39 is 0 Å². The van der Waals surface area contributed by atoms with Crippen LogP contribution in [0.3, 0.4) is 0 Å². The molecule has 3 rings (SSSR count). The lowest BCUT2D eigenvalue weighted by atomic mass is 9.96. The van der Waals surface area contributed by atoms with Crippen molar-refractivity contribution in [2.75, 3.05) is 0 Å². The average Bonchev–Trinajstić information content (AvgIpc) is 3.04. The maximum absolute atomic E-state index is 9.45. The number of hydrogen-bond donors (Lipinski definition) is 1. The number of thiophene rings is 1. The van der Waals surface area contributed by atoms with Gasteiger partial charge in [-0.15, -0.1) is 11.3 Å². The number of aromatic nitrogens is 1. The van der Waals surface area contributed by atoms with Crippen molar-refractivity contribution < 1.29 is 5.21 Å². The summed E-state index contributed by atoms with van der Waals surface area (Å²) in [5.41, 5.74) is 3.42. The monoisotopic (exact) mass is 294 g/mol. The maximum Gasteiger partial charge on any atom is 0.118 e. The highest BCUT2D eigenvalue weighted by Gasteiger charge is 2.12. The highest BCUT2D eigenvalue weighted by atomic mass is 32.1. The van der Waals surface area contributed by atoms with Crippen LogP contribution in [0.25, 0.3) is 0 Å². The molecule has 3 nitrogen and oxygen atoms in total. The van der Waals surface area contributed by atoms with Crippen LogP contribution in [0.5, 0.6) is 0 Å². The standard InChI is InChI=1S/C17H14N2OS/c20-19-17(14-6-3-9-18-12-14)16-8-2-1-5-13(16)11-15-7-4-10-21-15/h1-10,12,20H,11H2. The summed E-state index contributed by atoms with van der Waals surface area (Å²) in [5, 5.41) is 15.0. The van der Waals surface area contributed by atoms with Gasteiger partial charge in [0.2, 0.25) is 0 Å². The van der Waals surface area contributed by atoms with Gasteiger partial charge in [-0.2, -0.15) is 0 Å². The molecule has 3 aromatic rings. The normalized spacial score (nSPS) is 11.5. The molecule has 0 bridgehead atoms. The predicted molar refractivity (Wildman–Crippen MR) is 85.2 cm³/mol. The quantitative estimate of drug-likeness (QED) is 0.450. The maximum atomic E-state index is 9.45. The van der Waals surface area contributed by atoms with Crippen molar-refractivity contribution in [2.24, 2.45) is 5.16 Å². The fraction of sp³-hybridized carbons (Fsp3) is 0.0588. The topological polar surface area (TPSA) is 45.5 Å². The Morgan fingerprint density at radius 3 is 2.71 bits per heavy atom. The molecule has 21 heavy (non-hydrogen) atoms. The second kappa shape index (κ2) is 6.33. The minimum atomic E-state index is 0.551. The molecule has 2 aromatic heterocycles. The Morgan fingerprint density at radius 1 is 1.10 bits per heavy atom. The number of rotatable bonds is 4. The third-order valence-corrected chi connectivity index (χ3v) is 4.13. The van der Waals surface area contributed by atoms with Gasteiger partial charge in [-0.05, 0) is 29.1 Å².